The van der Waals surface area contributed by atoms with Crippen molar-refractivity contribution in [2.75, 3.05) is 4.90 Å². The molecule has 73 heavy (non-hydrogen) atoms. The summed E-state index contributed by atoms with van der Waals surface area (Å²) < 4.78 is 0. The Morgan fingerprint density at radius 2 is 0.726 bits per heavy atom. The lowest BCUT2D eigenvalue weighted by molar-refractivity contribution is 0.769. The number of hydrogen-bond donors (Lipinski definition) is 0. The van der Waals surface area contributed by atoms with E-state index in [9.17, 15) is 0 Å². The zero-order valence-corrected chi connectivity index (χ0v) is 41.2. The summed E-state index contributed by atoms with van der Waals surface area (Å²) in [5.74, 6) is 0. The van der Waals surface area contributed by atoms with Crippen molar-refractivity contribution in [3.05, 3.63) is 320 Å². The Balaban J connectivity index is 0.921. The van der Waals surface area contributed by atoms with Crippen LogP contribution >= 0.6 is 0 Å². The van der Waals surface area contributed by atoms with Crippen molar-refractivity contribution in [1.29, 1.82) is 0 Å². The summed E-state index contributed by atoms with van der Waals surface area (Å²) in [7, 11) is -2.75. The molecule has 12 aromatic carbocycles. The second kappa shape index (κ2) is 17.3. The van der Waals surface area contributed by atoms with Gasteiger partial charge in [-0.3, -0.25) is 0 Å². The highest BCUT2D eigenvalue weighted by atomic mass is 28.3. The number of anilines is 3. The lowest BCUT2D eigenvalue weighted by atomic mass is 9.67. The van der Waals surface area contributed by atoms with Crippen LogP contribution in [0, 0.1) is 0 Å². The summed E-state index contributed by atoms with van der Waals surface area (Å²) in [5, 5.41) is 8.13. The molecule has 1 heterocycles. The third kappa shape index (κ3) is 6.68. The molecule has 342 valence electrons. The first-order chi connectivity index (χ1) is 36.2. The summed E-state index contributed by atoms with van der Waals surface area (Å²) in [5.41, 5.74) is 18.0. The molecule has 0 saturated carbocycles. The lowest BCUT2D eigenvalue weighted by Gasteiger charge is -2.34. The van der Waals surface area contributed by atoms with Gasteiger partial charge in [-0.15, -0.1) is 0 Å². The van der Waals surface area contributed by atoms with Crippen LogP contribution in [0.2, 0.25) is 0 Å². The molecule has 0 bridgehead atoms. The molecule has 0 amide bonds. The molecule has 0 fully saturated rings. The normalized spacial score (nSPS) is 13.4. The predicted molar refractivity (Wildman–Crippen MR) is 309 cm³/mol. The molecule has 12 aromatic rings. The summed E-state index contributed by atoms with van der Waals surface area (Å²) in [4.78, 5) is 2.45. The van der Waals surface area contributed by atoms with E-state index in [1.165, 1.54) is 98.3 Å². The summed E-state index contributed by atoms with van der Waals surface area (Å²) in [6, 6.07) is 111. The summed E-state index contributed by atoms with van der Waals surface area (Å²) in [6.07, 6.45) is 0. The van der Waals surface area contributed by atoms with Crippen LogP contribution in [0.4, 0.5) is 17.1 Å². The Bertz CT molecular complexity index is 3930. The fourth-order valence-corrected chi connectivity index (χ4v) is 17.8. The van der Waals surface area contributed by atoms with Crippen molar-refractivity contribution in [2.45, 2.75) is 5.41 Å². The Labute approximate surface area is 428 Å². The number of rotatable bonds is 9. The van der Waals surface area contributed by atoms with Gasteiger partial charge in [0.2, 0.25) is 0 Å². The second-order valence-electron chi connectivity index (χ2n) is 19.5. The van der Waals surface area contributed by atoms with E-state index in [-0.39, 0.29) is 0 Å². The van der Waals surface area contributed by atoms with Crippen LogP contribution in [0.25, 0.3) is 55.3 Å². The van der Waals surface area contributed by atoms with Crippen LogP contribution in [0.1, 0.15) is 22.3 Å². The van der Waals surface area contributed by atoms with E-state index in [0.717, 1.165) is 17.1 Å². The van der Waals surface area contributed by atoms with Gasteiger partial charge >= 0.3 is 0 Å². The van der Waals surface area contributed by atoms with Crippen LogP contribution in [0.5, 0.6) is 0 Å². The highest BCUT2D eigenvalue weighted by molar-refractivity contribution is 7.22. The van der Waals surface area contributed by atoms with Crippen molar-refractivity contribution >= 4 is 56.7 Å². The van der Waals surface area contributed by atoms with Crippen LogP contribution in [0.15, 0.2) is 297 Å². The van der Waals surface area contributed by atoms with E-state index in [4.69, 9.17) is 0 Å². The lowest BCUT2D eigenvalue weighted by Crippen LogP contribution is -2.72. The van der Waals surface area contributed by atoms with Gasteiger partial charge in [0.15, 0.2) is 8.07 Å². The second-order valence-corrected chi connectivity index (χ2v) is 23.3. The minimum absolute atomic E-state index is 0.466. The minimum atomic E-state index is -2.75. The van der Waals surface area contributed by atoms with Crippen molar-refractivity contribution in [1.82, 2.24) is 0 Å². The van der Waals surface area contributed by atoms with Crippen molar-refractivity contribution in [2.24, 2.45) is 0 Å². The van der Waals surface area contributed by atoms with E-state index >= 15 is 0 Å². The van der Waals surface area contributed by atoms with Crippen LogP contribution in [-0.2, 0) is 5.41 Å². The van der Waals surface area contributed by atoms with Gasteiger partial charge in [-0.05, 0) is 147 Å². The van der Waals surface area contributed by atoms with E-state index in [0.29, 0.717) is 0 Å². The highest BCUT2D eigenvalue weighted by Gasteiger charge is 2.49. The van der Waals surface area contributed by atoms with Gasteiger partial charge in [-0.1, -0.05) is 249 Å². The number of benzene rings is 12. The van der Waals surface area contributed by atoms with Gasteiger partial charge in [0.25, 0.3) is 0 Å². The molecule has 0 radical (unpaired) electrons. The van der Waals surface area contributed by atoms with Crippen LogP contribution in [-0.4, -0.2) is 8.07 Å². The summed E-state index contributed by atoms with van der Waals surface area (Å²) >= 11 is 0. The van der Waals surface area contributed by atoms with E-state index in [2.05, 4.69) is 302 Å². The number of nitrogens with zero attached hydrogens (tertiary/aromatic N) is 1. The quantitative estimate of drug-likeness (QED) is 0.130. The van der Waals surface area contributed by atoms with Gasteiger partial charge < -0.3 is 4.90 Å². The topological polar surface area (TPSA) is 3.24 Å². The smallest absolute Gasteiger partial charge is 0.180 e. The SMILES string of the molecule is c1ccc(C2(c3ccccc3)c3ccccc3-c3ccc(-c4ccc(N(c5ccc(-c6ccc7ccccc7c6)cc5)c5cccc([Si]6(c7ccccc7)c7ccccc7-c7ccccc76)c5)cc4)cc32)cc1. The maximum Gasteiger partial charge on any atom is 0.180 e. The van der Waals surface area contributed by atoms with Crippen molar-refractivity contribution in [3.63, 3.8) is 0 Å². The standard InChI is InChI=1S/C71H49NSi/c1-4-21-56(22-5-1)71(57-23-6-2-7-24-57)67-32-15-12-29-63(67)64-46-41-55(48-68(64)71)52-39-44-59(45-40-52)72(58-42-37-51(38-43-58)54-36-35-50-19-10-11-20-53(50)47-54)60-25-18-28-62(49-60)73(61-26-8-3-9-27-61)69-33-16-13-30-65(69)66-31-14-17-34-70(66)73/h1-49H. The average molecular weight is 944 g/mol. The zero-order valence-electron chi connectivity index (χ0n) is 40.2. The van der Waals surface area contributed by atoms with Crippen molar-refractivity contribution in [3.8, 4) is 44.5 Å². The maximum absolute atomic E-state index is 2.75. The third-order valence-corrected chi connectivity index (χ3v) is 20.7. The molecule has 0 atom stereocenters. The molecule has 14 rings (SSSR count). The molecule has 1 aliphatic carbocycles. The Hall–Kier alpha value is -9.08. The Kier molecular flexibility index (Phi) is 10.2. The highest BCUT2D eigenvalue weighted by Crippen LogP contribution is 2.56. The molecule has 0 N–H and O–H groups in total. The average Bonchev–Trinajstić information content (AvgIpc) is 4.00. The Morgan fingerprint density at radius 3 is 1.36 bits per heavy atom. The van der Waals surface area contributed by atoms with E-state index < -0.39 is 13.5 Å². The first-order valence-electron chi connectivity index (χ1n) is 25.4. The molecule has 2 heteroatoms. The predicted octanol–water partition coefficient (Wildman–Crippen LogP) is 15.4. The van der Waals surface area contributed by atoms with Crippen molar-refractivity contribution < 1.29 is 0 Å². The molecule has 1 aliphatic heterocycles. The monoisotopic (exact) mass is 943 g/mol. The minimum Gasteiger partial charge on any atom is -0.311 e. The molecule has 0 aromatic heterocycles. The van der Waals surface area contributed by atoms with Crippen LogP contribution < -0.4 is 25.6 Å². The van der Waals surface area contributed by atoms with Gasteiger partial charge in [0.1, 0.15) is 0 Å². The molecular formula is C71H49NSi. The van der Waals surface area contributed by atoms with Gasteiger partial charge in [-0.2, -0.15) is 0 Å². The van der Waals surface area contributed by atoms with Gasteiger partial charge in [0.05, 0.1) is 5.41 Å². The first kappa shape index (κ1) is 42.8. The zero-order chi connectivity index (χ0) is 48.3. The number of fused-ring (bicyclic) bond motifs is 7. The molecule has 2 aliphatic rings. The number of hydrogen-bond acceptors (Lipinski definition) is 1. The fraction of sp³-hybridized carbons (Fsp3) is 0.0141. The first-order valence-corrected chi connectivity index (χ1v) is 27.4. The van der Waals surface area contributed by atoms with Gasteiger partial charge in [-0.25, -0.2) is 0 Å². The fourth-order valence-electron chi connectivity index (χ4n) is 12.6. The largest absolute Gasteiger partial charge is 0.311 e. The molecular weight excluding hydrogens is 895 g/mol. The van der Waals surface area contributed by atoms with E-state index in [1.54, 1.807) is 0 Å². The molecule has 0 unspecified atom stereocenters. The summed E-state index contributed by atoms with van der Waals surface area (Å²) in [6.45, 7) is 0. The molecule has 0 saturated heterocycles. The van der Waals surface area contributed by atoms with E-state index in [1.807, 2.05) is 0 Å². The Morgan fingerprint density at radius 1 is 0.260 bits per heavy atom. The third-order valence-electron chi connectivity index (χ3n) is 15.8. The van der Waals surface area contributed by atoms with Crippen LogP contribution in [0.3, 0.4) is 0 Å². The molecule has 1 nitrogen and oxygen atoms in total. The maximum atomic E-state index is 2.49. The molecule has 0 spiro atoms. The van der Waals surface area contributed by atoms with Gasteiger partial charge in [0, 0.05) is 17.1 Å².